The molecule has 8 nitrogen and oxygen atoms in total. The molecule has 434 valence electrons. The summed E-state index contributed by atoms with van der Waals surface area (Å²) >= 11 is 0. The van der Waals surface area contributed by atoms with Gasteiger partial charge in [0.2, 0.25) is 5.91 Å². The Bertz CT molecular complexity index is 1240. The third kappa shape index (κ3) is 58.5. The van der Waals surface area contributed by atoms with Gasteiger partial charge in [-0.15, -0.1) is 0 Å². The second-order valence-electron chi connectivity index (χ2n) is 23.5. The molecule has 0 aliphatic carbocycles. The van der Waals surface area contributed by atoms with E-state index in [9.17, 15) is 19.4 Å². The van der Waals surface area contributed by atoms with Crippen LogP contribution in [0.2, 0.25) is 0 Å². The van der Waals surface area contributed by atoms with E-state index in [-0.39, 0.29) is 19.1 Å². The largest absolute Gasteiger partial charge is 0.756 e. The summed E-state index contributed by atoms with van der Waals surface area (Å²) in [6.45, 7) is 4.69. The van der Waals surface area contributed by atoms with Crippen molar-refractivity contribution in [2.45, 2.75) is 341 Å². The fourth-order valence-corrected chi connectivity index (χ4v) is 10.6. The monoisotopic (exact) mass is 1050 g/mol. The molecule has 73 heavy (non-hydrogen) atoms. The summed E-state index contributed by atoms with van der Waals surface area (Å²) in [7, 11) is 1.26. The Hall–Kier alpha value is -1.02. The van der Waals surface area contributed by atoms with Crippen molar-refractivity contribution < 1.29 is 32.9 Å². The zero-order chi connectivity index (χ0) is 53.5. The van der Waals surface area contributed by atoms with Crippen LogP contribution in [0.15, 0.2) is 24.3 Å². The molecule has 0 rings (SSSR count). The molecule has 0 aliphatic rings. The molecule has 0 radical (unpaired) electrons. The standard InChI is InChI=1S/C64H127N2O6P/c1-6-8-10-12-14-16-18-20-22-24-26-28-30-31-32-33-34-35-36-38-40-42-44-46-48-50-52-54-56-58-64(68)65-62(61-72-73(69,70)71-60-59-66(3,4)5)63(67)57-55-53-51-49-47-45-43-41-39-37-29-27-25-23-21-19-17-15-13-11-9-7-2/h47,49,55,57,62-63,67H,6-46,48,50-54,56,58-61H2,1-5H3,(H-,65,68,69,70)/b49-47+,57-55+. The summed E-state index contributed by atoms with van der Waals surface area (Å²) in [6.07, 6.45) is 71.4. The molecule has 2 N–H and O–H groups in total. The third-order valence-corrected chi connectivity index (χ3v) is 15.9. The number of phosphoric acid groups is 1. The number of unbranched alkanes of at least 4 members (excludes halogenated alkanes) is 45. The Morgan fingerprint density at radius 1 is 0.466 bits per heavy atom. The lowest BCUT2D eigenvalue weighted by Gasteiger charge is -2.29. The molecule has 0 aromatic carbocycles. The molecule has 0 heterocycles. The highest BCUT2D eigenvalue weighted by atomic mass is 31.2. The van der Waals surface area contributed by atoms with Crippen molar-refractivity contribution in [3.05, 3.63) is 24.3 Å². The van der Waals surface area contributed by atoms with Gasteiger partial charge in [0.05, 0.1) is 39.9 Å². The van der Waals surface area contributed by atoms with Crippen LogP contribution in [0.3, 0.4) is 0 Å². The number of hydrogen-bond donors (Lipinski definition) is 2. The summed E-state index contributed by atoms with van der Waals surface area (Å²) in [5.74, 6) is -0.199. The van der Waals surface area contributed by atoms with Crippen LogP contribution in [-0.2, 0) is 18.4 Å². The van der Waals surface area contributed by atoms with Gasteiger partial charge in [-0.2, -0.15) is 0 Å². The molecule has 0 bridgehead atoms. The molecule has 0 saturated carbocycles. The van der Waals surface area contributed by atoms with E-state index < -0.39 is 20.0 Å². The van der Waals surface area contributed by atoms with E-state index in [0.717, 1.165) is 38.5 Å². The number of likely N-dealkylation sites (N-methyl/N-ethyl adjacent to an activating group) is 1. The first-order valence-corrected chi connectivity index (χ1v) is 33.7. The van der Waals surface area contributed by atoms with Crippen molar-refractivity contribution in [1.82, 2.24) is 5.32 Å². The van der Waals surface area contributed by atoms with Crippen molar-refractivity contribution in [3.8, 4) is 0 Å². The minimum absolute atomic E-state index is 0.00355. The normalized spacial score (nSPS) is 13.9. The van der Waals surface area contributed by atoms with Crippen LogP contribution in [0, 0.1) is 0 Å². The maximum atomic E-state index is 13.0. The number of phosphoric ester groups is 1. The molecule has 0 aromatic rings. The number of allylic oxidation sites excluding steroid dienone is 3. The molecule has 0 spiro atoms. The van der Waals surface area contributed by atoms with Gasteiger partial charge in [-0.25, -0.2) is 0 Å². The lowest BCUT2D eigenvalue weighted by molar-refractivity contribution is -0.870. The average molecular weight is 1050 g/mol. The number of quaternary nitrogens is 1. The zero-order valence-electron chi connectivity index (χ0n) is 49.6. The maximum absolute atomic E-state index is 13.0. The number of hydrogen-bond acceptors (Lipinski definition) is 6. The Kier molecular flexibility index (Phi) is 54.9. The SMILES string of the molecule is CCCCCCCCCCCCCCCCCC/C=C/CC/C=C/C(O)C(COP(=O)([O-])OCC[N+](C)(C)C)NC(=O)CCCCCCCCCCCCCCCCCCCCCCCCCCCCCCC. The molecular weight excluding hydrogens is 924 g/mol. The highest BCUT2D eigenvalue weighted by Crippen LogP contribution is 2.38. The van der Waals surface area contributed by atoms with E-state index >= 15 is 0 Å². The molecule has 0 saturated heterocycles. The van der Waals surface area contributed by atoms with Crippen molar-refractivity contribution in [3.63, 3.8) is 0 Å². The minimum Gasteiger partial charge on any atom is -0.756 e. The highest BCUT2D eigenvalue weighted by molar-refractivity contribution is 7.45. The predicted octanol–water partition coefficient (Wildman–Crippen LogP) is 19.3. The fourth-order valence-electron chi connectivity index (χ4n) is 9.88. The Balaban J connectivity index is 4.11. The molecule has 1 amide bonds. The van der Waals surface area contributed by atoms with Gasteiger partial charge in [-0.3, -0.25) is 9.36 Å². The van der Waals surface area contributed by atoms with Crippen LogP contribution in [0.1, 0.15) is 328 Å². The number of carbonyl (C=O) groups is 1. The van der Waals surface area contributed by atoms with Crippen LogP contribution in [0.4, 0.5) is 0 Å². The second kappa shape index (κ2) is 55.7. The molecule has 3 unspecified atom stereocenters. The van der Waals surface area contributed by atoms with E-state index in [1.54, 1.807) is 6.08 Å². The number of aliphatic hydroxyl groups is 1. The average Bonchev–Trinajstić information content (AvgIpc) is 3.35. The van der Waals surface area contributed by atoms with Gasteiger partial charge in [-0.1, -0.05) is 314 Å². The summed E-state index contributed by atoms with van der Waals surface area (Å²) in [4.78, 5) is 25.6. The predicted molar refractivity (Wildman–Crippen MR) is 316 cm³/mol. The zero-order valence-corrected chi connectivity index (χ0v) is 50.5. The second-order valence-corrected chi connectivity index (χ2v) is 24.9. The lowest BCUT2D eigenvalue weighted by atomic mass is 10.0. The Morgan fingerprint density at radius 3 is 1.11 bits per heavy atom. The van der Waals surface area contributed by atoms with Crippen LogP contribution in [-0.4, -0.2) is 68.5 Å². The Morgan fingerprint density at radius 2 is 0.767 bits per heavy atom. The highest BCUT2D eigenvalue weighted by Gasteiger charge is 2.23. The number of nitrogens with one attached hydrogen (secondary N) is 1. The van der Waals surface area contributed by atoms with Crippen molar-refractivity contribution in [1.29, 1.82) is 0 Å². The van der Waals surface area contributed by atoms with Crippen molar-refractivity contribution in [2.75, 3.05) is 40.9 Å². The van der Waals surface area contributed by atoms with E-state index in [4.69, 9.17) is 9.05 Å². The molecule has 9 heteroatoms. The quantitative estimate of drug-likeness (QED) is 0.0272. The minimum atomic E-state index is -4.61. The summed E-state index contributed by atoms with van der Waals surface area (Å²) in [5.41, 5.74) is 0. The van der Waals surface area contributed by atoms with Gasteiger partial charge in [0.15, 0.2) is 0 Å². The maximum Gasteiger partial charge on any atom is 0.268 e. The van der Waals surface area contributed by atoms with Gasteiger partial charge < -0.3 is 28.8 Å². The topological polar surface area (TPSA) is 108 Å². The first-order valence-electron chi connectivity index (χ1n) is 32.2. The summed E-state index contributed by atoms with van der Waals surface area (Å²) in [6, 6.07) is -0.901. The lowest BCUT2D eigenvalue weighted by Crippen LogP contribution is -2.45. The van der Waals surface area contributed by atoms with Crippen molar-refractivity contribution in [2.24, 2.45) is 0 Å². The van der Waals surface area contributed by atoms with Crippen molar-refractivity contribution >= 4 is 13.7 Å². The van der Waals surface area contributed by atoms with Gasteiger partial charge >= 0.3 is 0 Å². The summed E-state index contributed by atoms with van der Waals surface area (Å²) in [5, 5.41) is 13.9. The number of rotatable bonds is 60. The van der Waals surface area contributed by atoms with Gasteiger partial charge in [0.25, 0.3) is 7.82 Å². The van der Waals surface area contributed by atoms with Crippen LogP contribution >= 0.6 is 7.82 Å². The van der Waals surface area contributed by atoms with E-state index in [1.165, 1.54) is 270 Å². The van der Waals surface area contributed by atoms with Gasteiger partial charge in [-0.05, 0) is 32.1 Å². The number of carbonyl (C=O) groups excluding carboxylic acids is 1. The fraction of sp³-hybridized carbons (Fsp3) is 0.922. The van der Waals surface area contributed by atoms with E-state index in [0.29, 0.717) is 17.4 Å². The first-order chi connectivity index (χ1) is 35.5. The number of amides is 1. The molecular formula is C64H127N2O6P. The summed E-state index contributed by atoms with van der Waals surface area (Å²) < 4.78 is 23.4. The molecule has 0 fully saturated rings. The third-order valence-electron chi connectivity index (χ3n) is 14.9. The first kappa shape index (κ1) is 72.0. The van der Waals surface area contributed by atoms with Crippen LogP contribution < -0.4 is 10.2 Å². The number of aliphatic hydroxyl groups excluding tert-OH is 1. The molecule has 0 aliphatic heterocycles. The molecule has 0 aromatic heterocycles. The smallest absolute Gasteiger partial charge is 0.268 e. The molecule has 3 atom stereocenters. The van der Waals surface area contributed by atoms with Crippen LogP contribution in [0.5, 0.6) is 0 Å². The van der Waals surface area contributed by atoms with Crippen LogP contribution in [0.25, 0.3) is 0 Å². The van der Waals surface area contributed by atoms with E-state index in [1.807, 2.05) is 27.2 Å². The van der Waals surface area contributed by atoms with Gasteiger partial charge in [0.1, 0.15) is 13.2 Å². The van der Waals surface area contributed by atoms with E-state index in [2.05, 4.69) is 31.3 Å². The van der Waals surface area contributed by atoms with Gasteiger partial charge in [0, 0.05) is 6.42 Å². The Labute approximate surface area is 455 Å². The number of nitrogens with zero attached hydrogens (tertiary/aromatic N) is 1.